The molecule has 20 nitrogen and oxygen atoms in total. The van der Waals surface area contributed by atoms with E-state index >= 15 is 0 Å². The van der Waals surface area contributed by atoms with E-state index in [0.29, 0.717) is 0 Å². The second-order valence-corrected chi connectivity index (χ2v) is 12.4. The Bertz CT molecular complexity index is 1810. The minimum atomic E-state index is -1.82. The summed E-state index contributed by atoms with van der Waals surface area (Å²) in [6.45, 7) is -1.23. The summed E-state index contributed by atoms with van der Waals surface area (Å²) in [6, 6.07) is 10.0. The third kappa shape index (κ3) is 9.03. The first-order valence-corrected chi connectivity index (χ1v) is 16.8. The van der Waals surface area contributed by atoms with Gasteiger partial charge in [-0.1, -0.05) is 0 Å². The average Bonchev–Trinajstić information content (AvgIpc) is 3.20. The number of aromatic hydroxyl groups is 2. The Hall–Kier alpha value is -5.32. The number of aliphatic hydroxyl groups is 6. The Balaban J connectivity index is 1.21. The van der Waals surface area contributed by atoms with Crippen molar-refractivity contribution < 1.29 is 97.8 Å². The Morgan fingerprint density at radius 1 is 0.536 bits per heavy atom. The normalized spacial score (nSPS) is 27.4. The molecule has 2 aliphatic heterocycles. The third-order valence-corrected chi connectivity index (χ3v) is 8.86. The highest BCUT2D eigenvalue weighted by Gasteiger charge is 2.47. The molecule has 2 saturated heterocycles. The molecule has 0 radical (unpaired) electrons. The molecule has 306 valence electrons. The summed E-state index contributed by atoms with van der Waals surface area (Å²) < 4.78 is 53.6. The Labute approximate surface area is 318 Å². The van der Waals surface area contributed by atoms with E-state index in [0.717, 1.165) is 0 Å². The van der Waals surface area contributed by atoms with Crippen molar-refractivity contribution in [3.8, 4) is 46.0 Å². The van der Waals surface area contributed by atoms with Crippen LogP contribution in [0.5, 0.6) is 46.0 Å². The van der Waals surface area contributed by atoms with E-state index in [-0.39, 0.29) is 57.1 Å². The predicted molar refractivity (Wildman–Crippen MR) is 184 cm³/mol. The molecule has 2 fully saturated rings. The molecule has 0 aromatic heterocycles. The summed E-state index contributed by atoms with van der Waals surface area (Å²) in [7, 11) is 5.09. The molecular formula is C36H42O20. The third-order valence-electron chi connectivity index (χ3n) is 8.86. The minimum Gasteiger partial charge on any atom is -0.504 e. The van der Waals surface area contributed by atoms with Gasteiger partial charge in [-0.05, 0) is 42.5 Å². The first-order valence-electron chi connectivity index (χ1n) is 16.8. The van der Waals surface area contributed by atoms with E-state index in [4.69, 9.17) is 47.4 Å². The summed E-state index contributed by atoms with van der Waals surface area (Å²) in [6.07, 6.45) is -16.5. The fourth-order valence-electron chi connectivity index (χ4n) is 5.68. The number of methoxy groups -OCH3 is 4. The van der Waals surface area contributed by atoms with Crippen molar-refractivity contribution in [2.24, 2.45) is 0 Å². The van der Waals surface area contributed by atoms with Crippen molar-refractivity contribution in [3.63, 3.8) is 0 Å². The molecule has 0 spiro atoms. The van der Waals surface area contributed by atoms with Gasteiger partial charge in [0.2, 0.25) is 18.3 Å². The van der Waals surface area contributed by atoms with Gasteiger partial charge in [0.05, 0.1) is 39.6 Å². The van der Waals surface area contributed by atoms with Gasteiger partial charge in [-0.25, -0.2) is 9.59 Å². The Kier molecular flexibility index (Phi) is 13.5. The fourth-order valence-corrected chi connectivity index (χ4v) is 5.68. The van der Waals surface area contributed by atoms with Crippen LogP contribution in [-0.2, 0) is 18.9 Å². The maximum absolute atomic E-state index is 13.0. The van der Waals surface area contributed by atoms with Crippen LogP contribution in [0.1, 0.15) is 20.7 Å². The van der Waals surface area contributed by atoms with Crippen LogP contribution < -0.4 is 28.4 Å². The first-order chi connectivity index (χ1) is 26.7. The standard InChI is InChI=1S/C36H42O20/c1-47-20-12-17(6-7-18(20)37)53-35-31(43)29(41)27(39)24(55-35)13-51-33(45)15-5-8-19(21(9-15)48-2)54-36-32(44)30(42)28(40)25(56-36)14-52-34(46)16-10-22(49-3)26(38)23(11-16)50-4/h5-12,24-25,27-32,35-44H,13-14H2,1-4H3/t24-,25-,27-,28-,29+,30+,31-,32-,35-,36-/m1/s1. The van der Waals surface area contributed by atoms with E-state index in [2.05, 4.69) is 0 Å². The number of rotatable bonds is 14. The maximum atomic E-state index is 13.0. The summed E-state index contributed by atoms with van der Waals surface area (Å²) in [5, 5.41) is 83.2. The van der Waals surface area contributed by atoms with Crippen LogP contribution >= 0.6 is 0 Å². The van der Waals surface area contributed by atoms with Crippen LogP contribution in [0.3, 0.4) is 0 Å². The Morgan fingerprint density at radius 3 is 1.54 bits per heavy atom. The lowest BCUT2D eigenvalue weighted by molar-refractivity contribution is -0.277. The van der Waals surface area contributed by atoms with Gasteiger partial charge in [0.15, 0.2) is 34.5 Å². The molecule has 56 heavy (non-hydrogen) atoms. The molecule has 10 atom stereocenters. The van der Waals surface area contributed by atoms with Gasteiger partial charge < -0.3 is 88.2 Å². The topological polar surface area (TPSA) is 288 Å². The molecule has 8 N–H and O–H groups in total. The van der Waals surface area contributed by atoms with Crippen molar-refractivity contribution in [3.05, 3.63) is 59.7 Å². The van der Waals surface area contributed by atoms with Crippen molar-refractivity contribution >= 4 is 11.9 Å². The summed E-state index contributed by atoms with van der Waals surface area (Å²) >= 11 is 0. The van der Waals surface area contributed by atoms with Crippen LogP contribution in [0.2, 0.25) is 0 Å². The van der Waals surface area contributed by atoms with Crippen LogP contribution in [0.25, 0.3) is 0 Å². The van der Waals surface area contributed by atoms with Gasteiger partial charge in [0, 0.05) is 6.07 Å². The van der Waals surface area contributed by atoms with Gasteiger partial charge >= 0.3 is 11.9 Å². The zero-order valence-corrected chi connectivity index (χ0v) is 30.3. The molecule has 5 rings (SSSR count). The molecule has 3 aromatic carbocycles. The van der Waals surface area contributed by atoms with E-state index in [1.165, 1.54) is 77.0 Å². The largest absolute Gasteiger partial charge is 0.504 e. The summed E-state index contributed by atoms with van der Waals surface area (Å²) in [4.78, 5) is 25.9. The van der Waals surface area contributed by atoms with Gasteiger partial charge in [0.25, 0.3) is 0 Å². The van der Waals surface area contributed by atoms with Crippen molar-refractivity contribution in [2.75, 3.05) is 41.7 Å². The number of benzene rings is 3. The van der Waals surface area contributed by atoms with E-state index in [9.17, 15) is 50.4 Å². The highest BCUT2D eigenvalue weighted by molar-refractivity contribution is 5.91. The van der Waals surface area contributed by atoms with Gasteiger partial charge in [-0.3, -0.25) is 0 Å². The van der Waals surface area contributed by atoms with E-state index in [1.807, 2.05) is 0 Å². The molecule has 0 unspecified atom stereocenters. The molecule has 2 aliphatic rings. The monoisotopic (exact) mass is 794 g/mol. The fraction of sp³-hybridized carbons (Fsp3) is 0.444. The van der Waals surface area contributed by atoms with Crippen LogP contribution in [0.4, 0.5) is 0 Å². The van der Waals surface area contributed by atoms with Crippen LogP contribution in [0.15, 0.2) is 48.5 Å². The minimum absolute atomic E-state index is 0.0584. The lowest BCUT2D eigenvalue weighted by atomic mass is 9.99. The first kappa shape index (κ1) is 41.8. The number of phenols is 2. The summed E-state index contributed by atoms with van der Waals surface area (Å²) in [5.41, 5.74) is -0.167. The van der Waals surface area contributed by atoms with Crippen molar-refractivity contribution in [1.82, 2.24) is 0 Å². The average molecular weight is 795 g/mol. The smallest absolute Gasteiger partial charge is 0.338 e. The van der Waals surface area contributed by atoms with Gasteiger partial charge in [-0.2, -0.15) is 0 Å². The number of hydrogen-bond acceptors (Lipinski definition) is 20. The Morgan fingerprint density at radius 2 is 1.02 bits per heavy atom. The second kappa shape index (κ2) is 18.1. The number of aliphatic hydroxyl groups excluding tert-OH is 6. The molecule has 2 heterocycles. The molecule has 0 amide bonds. The molecular weight excluding hydrogens is 752 g/mol. The maximum Gasteiger partial charge on any atom is 0.338 e. The van der Waals surface area contributed by atoms with Crippen LogP contribution in [0, 0.1) is 0 Å². The second-order valence-electron chi connectivity index (χ2n) is 12.4. The molecule has 0 aliphatic carbocycles. The molecule has 3 aromatic rings. The molecule has 20 heteroatoms. The number of carbonyl (C=O) groups is 2. The highest BCUT2D eigenvalue weighted by atomic mass is 16.7. The lowest BCUT2D eigenvalue weighted by Gasteiger charge is -2.40. The van der Waals surface area contributed by atoms with Crippen LogP contribution in [-0.4, -0.2) is 156 Å². The zero-order chi connectivity index (χ0) is 40.8. The number of carbonyl (C=O) groups excluding carboxylic acids is 2. The number of ether oxygens (including phenoxy) is 10. The van der Waals surface area contributed by atoms with E-state index in [1.54, 1.807) is 0 Å². The number of phenolic OH excluding ortho intramolecular Hbond substituents is 2. The molecule has 0 saturated carbocycles. The SMILES string of the molecule is COc1cc(O[C@@H]2O[C@H](COC(=O)c3ccc(O[C@@H]4O[C@H](COC(=O)c5cc(OC)c(O)c(OC)c5)[C@@H](O)[C@H](O)[C@H]4O)c(OC)c3)[C@@H](O)[C@H](O)[C@H]2O)ccc1O. The van der Waals surface area contributed by atoms with E-state index < -0.39 is 86.6 Å². The number of esters is 2. The zero-order valence-electron chi connectivity index (χ0n) is 30.3. The summed E-state index contributed by atoms with van der Waals surface area (Å²) in [5.74, 6) is -2.56. The predicted octanol–water partition coefficient (Wildman–Crippen LogP) is -0.781. The lowest BCUT2D eigenvalue weighted by Crippen LogP contribution is -2.60. The van der Waals surface area contributed by atoms with Crippen molar-refractivity contribution in [1.29, 1.82) is 0 Å². The molecule has 0 bridgehead atoms. The van der Waals surface area contributed by atoms with Gasteiger partial charge in [0.1, 0.15) is 67.8 Å². The quantitative estimate of drug-likeness (QED) is 0.0929. The van der Waals surface area contributed by atoms with Crippen molar-refractivity contribution in [2.45, 2.75) is 61.4 Å². The highest BCUT2D eigenvalue weighted by Crippen LogP contribution is 2.38. The van der Waals surface area contributed by atoms with Gasteiger partial charge in [-0.15, -0.1) is 0 Å². The number of hydrogen-bond donors (Lipinski definition) is 8.